The second-order valence-corrected chi connectivity index (χ2v) is 6.91. The van der Waals surface area contributed by atoms with Crippen LogP contribution in [0.15, 0.2) is 42.5 Å². The van der Waals surface area contributed by atoms with Crippen molar-refractivity contribution in [1.29, 1.82) is 0 Å². The van der Waals surface area contributed by atoms with Crippen LogP contribution in [0.3, 0.4) is 0 Å². The van der Waals surface area contributed by atoms with Gasteiger partial charge in [-0.3, -0.25) is 0 Å². The number of fused-ring (bicyclic) bond motifs is 1. The average Bonchev–Trinajstić information content (AvgIpc) is 2.69. The Morgan fingerprint density at radius 3 is 2.65 bits per heavy atom. The van der Waals surface area contributed by atoms with Crippen molar-refractivity contribution < 1.29 is 14.4 Å². The maximum Gasteiger partial charge on any atom is 0.166 e. The van der Waals surface area contributed by atoms with Gasteiger partial charge in [-0.05, 0) is 35.1 Å². The van der Waals surface area contributed by atoms with Gasteiger partial charge in [0.15, 0.2) is 5.11 Å². The van der Waals surface area contributed by atoms with Gasteiger partial charge in [0.25, 0.3) is 0 Å². The predicted octanol–water partition coefficient (Wildman–Crippen LogP) is 0.988. The van der Waals surface area contributed by atoms with Crippen molar-refractivity contribution >= 4 is 28.1 Å². The molecule has 3 N–H and O–H groups in total. The maximum atomic E-state index is 5.80. The van der Waals surface area contributed by atoms with Crippen LogP contribution in [0, 0.1) is 0 Å². The first-order chi connectivity index (χ1) is 12.8. The zero-order chi connectivity index (χ0) is 18.0. The van der Waals surface area contributed by atoms with Crippen LogP contribution in [0.2, 0.25) is 0 Å². The summed E-state index contributed by atoms with van der Waals surface area (Å²) < 4.78 is 11.2. The number of quaternary nitrogens is 1. The third kappa shape index (κ3) is 6.12. The van der Waals surface area contributed by atoms with Crippen molar-refractivity contribution in [3.05, 3.63) is 42.5 Å². The van der Waals surface area contributed by atoms with E-state index in [2.05, 4.69) is 34.9 Å². The third-order valence-electron chi connectivity index (χ3n) is 4.57. The first-order valence-corrected chi connectivity index (χ1v) is 9.77. The van der Waals surface area contributed by atoms with E-state index in [1.165, 1.54) is 17.3 Å². The van der Waals surface area contributed by atoms with Crippen LogP contribution in [0.4, 0.5) is 0 Å². The van der Waals surface area contributed by atoms with E-state index in [4.69, 9.17) is 21.7 Å². The quantitative estimate of drug-likeness (QED) is 0.475. The fourth-order valence-corrected chi connectivity index (χ4v) is 3.31. The zero-order valence-electron chi connectivity index (χ0n) is 15.1. The van der Waals surface area contributed by atoms with Crippen LogP contribution in [-0.4, -0.2) is 57.7 Å². The Morgan fingerprint density at radius 2 is 1.81 bits per heavy atom. The molecule has 0 unspecified atom stereocenters. The molecule has 3 rings (SSSR count). The van der Waals surface area contributed by atoms with Crippen molar-refractivity contribution in [1.82, 2.24) is 10.6 Å². The van der Waals surface area contributed by atoms with Crippen LogP contribution in [0.5, 0.6) is 5.75 Å². The number of thiocarbonyl (C=S) groups is 1. The molecule has 1 fully saturated rings. The van der Waals surface area contributed by atoms with Gasteiger partial charge in [-0.15, -0.1) is 0 Å². The van der Waals surface area contributed by atoms with Crippen LogP contribution in [-0.2, 0) is 4.74 Å². The molecule has 1 aliphatic rings. The molecule has 5 nitrogen and oxygen atoms in total. The van der Waals surface area contributed by atoms with Gasteiger partial charge in [0, 0.05) is 13.0 Å². The Balaban J connectivity index is 1.26. The molecule has 1 heterocycles. The lowest BCUT2D eigenvalue weighted by molar-refractivity contribution is -0.908. The monoisotopic (exact) mass is 374 g/mol. The largest absolute Gasteiger partial charge is 0.492 e. The molecule has 2 aromatic carbocycles. The third-order valence-corrected chi connectivity index (χ3v) is 4.86. The standard InChI is InChI=1S/C20H27N3O2S/c26-20(21-8-3-10-23-11-14-24-15-12-23)22-9-13-25-19-7-6-17-4-1-2-5-18(17)16-19/h1-2,4-7,16H,3,8-15H2,(H2,21,22,26)/p+1. The van der Waals surface area contributed by atoms with Gasteiger partial charge >= 0.3 is 0 Å². The molecule has 0 spiro atoms. The Kier molecular flexibility index (Phi) is 7.49. The SMILES string of the molecule is S=C(NCCC[NH+]1CCOCC1)NCCOc1ccc2ccccc2c1. The minimum absolute atomic E-state index is 0.581. The molecule has 26 heavy (non-hydrogen) atoms. The highest BCUT2D eigenvalue weighted by Crippen LogP contribution is 2.20. The summed E-state index contributed by atoms with van der Waals surface area (Å²) in [5.41, 5.74) is 0. The van der Waals surface area contributed by atoms with Crippen molar-refractivity contribution in [2.24, 2.45) is 0 Å². The average molecular weight is 375 g/mol. The molecule has 0 aliphatic carbocycles. The molecule has 0 radical (unpaired) electrons. The number of hydrogen-bond acceptors (Lipinski definition) is 3. The smallest absolute Gasteiger partial charge is 0.166 e. The summed E-state index contributed by atoms with van der Waals surface area (Å²) in [6.07, 6.45) is 1.12. The Bertz CT molecular complexity index is 704. The van der Waals surface area contributed by atoms with E-state index >= 15 is 0 Å². The van der Waals surface area contributed by atoms with Gasteiger partial charge in [0.1, 0.15) is 25.4 Å². The molecule has 6 heteroatoms. The lowest BCUT2D eigenvalue weighted by Gasteiger charge is -2.23. The minimum atomic E-state index is 0.581. The van der Waals surface area contributed by atoms with E-state index in [0.717, 1.165) is 45.0 Å². The van der Waals surface area contributed by atoms with Crippen molar-refractivity contribution in [2.45, 2.75) is 6.42 Å². The van der Waals surface area contributed by atoms with E-state index in [0.29, 0.717) is 18.3 Å². The Morgan fingerprint density at radius 1 is 1.04 bits per heavy atom. The van der Waals surface area contributed by atoms with Crippen LogP contribution in [0.1, 0.15) is 6.42 Å². The minimum Gasteiger partial charge on any atom is -0.492 e. The molecule has 0 bridgehead atoms. The summed E-state index contributed by atoms with van der Waals surface area (Å²) in [4.78, 5) is 1.63. The lowest BCUT2D eigenvalue weighted by atomic mass is 10.1. The summed E-state index contributed by atoms with van der Waals surface area (Å²) in [7, 11) is 0. The van der Waals surface area contributed by atoms with E-state index in [1.807, 2.05) is 18.2 Å². The molecule has 140 valence electrons. The summed E-state index contributed by atoms with van der Waals surface area (Å²) in [5, 5.41) is 9.58. The molecule has 0 aromatic heterocycles. The van der Waals surface area contributed by atoms with E-state index in [1.54, 1.807) is 4.90 Å². The summed E-state index contributed by atoms with van der Waals surface area (Å²) in [5.74, 6) is 0.887. The highest BCUT2D eigenvalue weighted by molar-refractivity contribution is 7.80. The molecule has 1 aliphatic heterocycles. The van der Waals surface area contributed by atoms with E-state index in [9.17, 15) is 0 Å². The van der Waals surface area contributed by atoms with E-state index in [-0.39, 0.29) is 0 Å². The molecule has 1 saturated heterocycles. The number of nitrogens with one attached hydrogen (secondary N) is 3. The number of morpholine rings is 1. The Hall–Kier alpha value is -1.89. The van der Waals surface area contributed by atoms with Crippen LogP contribution >= 0.6 is 12.2 Å². The number of benzene rings is 2. The summed E-state index contributed by atoms with van der Waals surface area (Å²) >= 11 is 5.31. The van der Waals surface area contributed by atoms with Gasteiger partial charge < -0.3 is 25.0 Å². The second-order valence-electron chi connectivity index (χ2n) is 6.51. The highest BCUT2D eigenvalue weighted by atomic mass is 32.1. The van der Waals surface area contributed by atoms with Crippen molar-refractivity contribution in [3.63, 3.8) is 0 Å². The van der Waals surface area contributed by atoms with Gasteiger partial charge in [-0.25, -0.2) is 0 Å². The van der Waals surface area contributed by atoms with Crippen molar-refractivity contribution in [2.75, 3.05) is 52.5 Å². The summed E-state index contributed by atoms with van der Waals surface area (Å²) in [6, 6.07) is 14.4. The molecular formula is C20H28N3O2S+. The van der Waals surface area contributed by atoms with Crippen molar-refractivity contribution in [3.8, 4) is 5.75 Å². The Labute approximate surface area is 160 Å². The molecule has 0 saturated carbocycles. The highest BCUT2D eigenvalue weighted by Gasteiger charge is 2.12. The van der Waals surface area contributed by atoms with Gasteiger partial charge in [-0.2, -0.15) is 0 Å². The fraction of sp³-hybridized carbons (Fsp3) is 0.450. The molecule has 2 aromatic rings. The topological polar surface area (TPSA) is 47.0 Å². The predicted molar refractivity (Wildman–Crippen MR) is 109 cm³/mol. The first-order valence-electron chi connectivity index (χ1n) is 9.36. The first kappa shape index (κ1) is 18.9. The normalized spacial score (nSPS) is 14.9. The number of ether oxygens (including phenoxy) is 2. The molecule has 0 amide bonds. The fourth-order valence-electron chi connectivity index (χ4n) is 3.10. The lowest BCUT2D eigenvalue weighted by Crippen LogP contribution is -3.14. The molecule has 0 atom stereocenters. The van der Waals surface area contributed by atoms with Gasteiger partial charge in [-0.1, -0.05) is 30.3 Å². The number of rotatable bonds is 8. The molecular weight excluding hydrogens is 346 g/mol. The van der Waals surface area contributed by atoms with Crippen LogP contribution in [0.25, 0.3) is 10.8 Å². The van der Waals surface area contributed by atoms with Gasteiger partial charge in [0.05, 0.1) is 26.3 Å². The maximum absolute atomic E-state index is 5.80. The number of hydrogen-bond donors (Lipinski definition) is 3. The summed E-state index contributed by atoms with van der Waals surface area (Å²) in [6.45, 7) is 7.36. The van der Waals surface area contributed by atoms with Crippen LogP contribution < -0.4 is 20.3 Å². The zero-order valence-corrected chi connectivity index (χ0v) is 15.9. The van der Waals surface area contributed by atoms with Gasteiger partial charge in [0.2, 0.25) is 0 Å². The second kappa shape index (κ2) is 10.3. The van der Waals surface area contributed by atoms with E-state index < -0.39 is 0 Å².